The molecule has 0 aliphatic rings. The SMILES string of the molecule is Cc1c(F)cncc1[N+](=O)[O-]. The molecule has 5 heteroatoms. The summed E-state index contributed by atoms with van der Waals surface area (Å²) in [5.41, 5.74) is -0.269. The normalized spacial score (nSPS) is 9.64. The number of hydrogen-bond acceptors (Lipinski definition) is 3. The second kappa shape index (κ2) is 2.61. The summed E-state index contributed by atoms with van der Waals surface area (Å²) in [5, 5.41) is 10.2. The molecule has 0 radical (unpaired) electrons. The van der Waals surface area contributed by atoms with Crippen LogP contribution in [-0.2, 0) is 0 Å². The van der Waals surface area contributed by atoms with Gasteiger partial charge in [0.25, 0.3) is 5.69 Å². The van der Waals surface area contributed by atoms with Gasteiger partial charge in [-0.15, -0.1) is 0 Å². The maximum absolute atomic E-state index is 12.6. The zero-order valence-corrected chi connectivity index (χ0v) is 5.74. The van der Waals surface area contributed by atoms with E-state index in [4.69, 9.17) is 0 Å². The van der Waals surface area contributed by atoms with Crippen LogP contribution in [0.3, 0.4) is 0 Å². The Bertz CT molecular complexity index is 301. The highest BCUT2D eigenvalue weighted by atomic mass is 19.1. The topological polar surface area (TPSA) is 56.0 Å². The van der Waals surface area contributed by atoms with Gasteiger partial charge in [-0.3, -0.25) is 15.1 Å². The first kappa shape index (κ1) is 7.59. The molecule has 0 aliphatic carbocycles. The summed E-state index contributed by atoms with van der Waals surface area (Å²) in [7, 11) is 0. The van der Waals surface area contributed by atoms with Crippen LogP contribution < -0.4 is 0 Å². The van der Waals surface area contributed by atoms with Gasteiger partial charge in [0.05, 0.1) is 16.7 Å². The van der Waals surface area contributed by atoms with Crippen molar-refractivity contribution in [2.45, 2.75) is 6.92 Å². The smallest absolute Gasteiger partial charge is 0.258 e. The van der Waals surface area contributed by atoms with E-state index in [0.717, 1.165) is 12.4 Å². The molecule has 58 valence electrons. The number of nitro groups is 1. The van der Waals surface area contributed by atoms with Crippen LogP contribution in [0.4, 0.5) is 10.1 Å². The van der Waals surface area contributed by atoms with Crippen molar-refractivity contribution in [3.63, 3.8) is 0 Å². The van der Waals surface area contributed by atoms with Gasteiger partial charge < -0.3 is 0 Å². The second-order valence-electron chi connectivity index (χ2n) is 2.02. The molecule has 4 nitrogen and oxygen atoms in total. The largest absolute Gasteiger partial charge is 0.293 e. The first-order valence-corrected chi connectivity index (χ1v) is 2.87. The summed E-state index contributed by atoms with van der Waals surface area (Å²) in [6, 6.07) is 0. The lowest BCUT2D eigenvalue weighted by Gasteiger charge is -1.95. The Kier molecular flexibility index (Phi) is 1.80. The van der Waals surface area contributed by atoms with Crippen molar-refractivity contribution in [1.82, 2.24) is 4.98 Å². The third-order valence-electron chi connectivity index (χ3n) is 1.32. The van der Waals surface area contributed by atoms with Crippen molar-refractivity contribution < 1.29 is 9.31 Å². The lowest BCUT2D eigenvalue weighted by atomic mass is 10.2. The van der Waals surface area contributed by atoms with Crippen LogP contribution in [0.15, 0.2) is 12.4 Å². The lowest BCUT2D eigenvalue weighted by molar-refractivity contribution is -0.385. The van der Waals surface area contributed by atoms with Gasteiger partial charge in [0.2, 0.25) is 0 Å². The van der Waals surface area contributed by atoms with Crippen LogP contribution in [-0.4, -0.2) is 9.91 Å². The van der Waals surface area contributed by atoms with E-state index in [1.54, 1.807) is 0 Å². The molecule has 0 amide bonds. The third kappa shape index (κ3) is 1.31. The average molecular weight is 156 g/mol. The first-order valence-electron chi connectivity index (χ1n) is 2.87. The summed E-state index contributed by atoms with van der Waals surface area (Å²) >= 11 is 0. The van der Waals surface area contributed by atoms with Crippen LogP contribution in [0.1, 0.15) is 5.56 Å². The van der Waals surface area contributed by atoms with Gasteiger partial charge in [-0.1, -0.05) is 0 Å². The van der Waals surface area contributed by atoms with Crippen LogP contribution in [0.2, 0.25) is 0 Å². The Balaban J connectivity index is 3.27. The molecule has 0 saturated heterocycles. The minimum absolute atomic E-state index is 0.0185. The maximum atomic E-state index is 12.6. The predicted octanol–water partition coefficient (Wildman–Crippen LogP) is 1.44. The summed E-state index contributed by atoms with van der Waals surface area (Å²) in [6.45, 7) is 1.34. The Morgan fingerprint density at radius 2 is 2.27 bits per heavy atom. The number of pyridine rings is 1. The number of nitrogens with zero attached hydrogens (tertiary/aromatic N) is 2. The Morgan fingerprint density at radius 3 is 2.73 bits per heavy atom. The molecule has 0 fully saturated rings. The minimum Gasteiger partial charge on any atom is -0.258 e. The van der Waals surface area contributed by atoms with Gasteiger partial charge in [-0.2, -0.15) is 0 Å². The quantitative estimate of drug-likeness (QED) is 0.456. The molecular formula is C6H5FN2O2. The highest BCUT2D eigenvalue weighted by Crippen LogP contribution is 2.17. The maximum Gasteiger partial charge on any atom is 0.293 e. The second-order valence-corrected chi connectivity index (χ2v) is 2.02. The molecule has 0 spiro atoms. The standard InChI is InChI=1S/C6H5FN2O2/c1-4-5(7)2-8-3-6(4)9(10)11/h2-3H,1H3. The summed E-state index contributed by atoms with van der Waals surface area (Å²) in [6.07, 6.45) is 1.97. The van der Waals surface area contributed by atoms with Gasteiger partial charge >= 0.3 is 0 Å². The van der Waals surface area contributed by atoms with E-state index >= 15 is 0 Å². The van der Waals surface area contributed by atoms with Crippen LogP contribution >= 0.6 is 0 Å². The molecule has 0 atom stereocenters. The highest BCUT2D eigenvalue weighted by Gasteiger charge is 2.13. The summed E-state index contributed by atoms with van der Waals surface area (Å²) in [5.74, 6) is -0.654. The fraction of sp³-hybridized carbons (Fsp3) is 0.167. The lowest BCUT2D eigenvalue weighted by Crippen LogP contribution is -1.95. The summed E-state index contributed by atoms with van der Waals surface area (Å²) in [4.78, 5) is 12.9. The number of hydrogen-bond donors (Lipinski definition) is 0. The van der Waals surface area contributed by atoms with E-state index in [-0.39, 0.29) is 11.3 Å². The van der Waals surface area contributed by atoms with Gasteiger partial charge in [-0.05, 0) is 6.92 Å². The Hall–Kier alpha value is -1.52. The van der Waals surface area contributed by atoms with Gasteiger partial charge in [0.1, 0.15) is 6.20 Å². The van der Waals surface area contributed by atoms with Crippen molar-refractivity contribution in [2.24, 2.45) is 0 Å². The van der Waals surface area contributed by atoms with Gasteiger partial charge in [0, 0.05) is 0 Å². The molecule has 1 rings (SSSR count). The van der Waals surface area contributed by atoms with E-state index in [9.17, 15) is 14.5 Å². The van der Waals surface area contributed by atoms with Crippen molar-refractivity contribution in [2.75, 3.05) is 0 Å². The van der Waals surface area contributed by atoms with Crippen LogP contribution in [0.5, 0.6) is 0 Å². The molecule has 0 N–H and O–H groups in total. The van der Waals surface area contributed by atoms with Crippen molar-refractivity contribution in [1.29, 1.82) is 0 Å². The molecule has 1 aromatic rings. The van der Waals surface area contributed by atoms with E-state index in [1.165, 1.54) is 6.92 Å². The predicted molar refractivity (Wildman–Crippen MR) is 35.6 cm³/mol. The average Bonchev–Trinajstić information content (AvgIpc) is 1.94. The zero-order valence-electron chi connectivity index (χ0n) is 5.74. The summed E-state index contributed by atoms with van der Waals surface area (Å²) < 4.78 is 12.6. The number of halogens is 1. The Morgan fingerprint density at radius 1 is 1.64 bits per heavy atom. The molecule has 1 heterocycles. The molecule has 11 heavy (non-hydrogen) atoms. The molecule has 0 bridgehead atoms. The molecular weight excluding hydrogens is 151 g/mol. The monoisotopic (exact) mass is 156 g/mol. The number of aromatic nitrogens is 1. The minimum atomic E-state index is -0.661. The molecule has 0 aromatic carbocycles. The van der Waals surface area contributed by atoms with E-state index < -0.39 is 10.7 Å². The number of rotatable bonds is 1. The fourth-order valence-electron chi connectivity index (χ4n) is 0.673. The van der Waals surface area contributed by atoms with Gasteiger partial charge in [-0.25, -0.2) is 4.39 Å². The molecule has 1 aromatic heterocycles. The van der Waals surface area contributed by atoms with Crippen molar-refractivity contribution in [3.8, 4) is 0 Å². The zero-order chi connectivity index (χ0) is 8.43. The van der Waals surface area contributed by atoms with E-state index in [0.29, 0.717) is 0 Å². The first-order chi connectivity index (χ1) is 5.13. The molecule has 0 aliphatic heterocycles. The molecule has 0 saturated carbocycles. The highest BCUT2D eigenvalue weighted by molar-refractivity contribution is 5.36. The fourth-order valence-corrected chi connectivity index (χ4v) is 0.673. The van der Waals surface area contributed by atoms with Crippen LogP contribution in [0.25, 0.3) is 0 Å². The van der Waals surface area contributed by atoms with E-state index in [2.05, 4.69) is 4.98 Å². The molecule has 0 unspecified atom stereocenters. The Labute approximate surface area is 61.8 Å². The van der Waals surface area contributed by atoms with Crippen molar-refractivity contribution >= 4 is 5.69 Å². The van der Waals surface area contributed by atoms with E-state index in [1.807, 2.05) is 0 Å². The third-order valence-corrected chi connectivity index (χ3v) is 1.32. The van der Waals surface area contributed by atoms with Crippen LogP contribution in [0, 0.1) is 22.9 Å². The van der Waals surface area contributed by atoms with Crippen molar-refractivity contribution in [3.05, 3.63) is 33.9 Å². The van der Waals surface area contributed by atoms with Gasteiger partial charge in [0.15, 0.2) is 5.82 Å².